The molecule has 0 fully saturated rings. The van der Waals surface area contributed by atoms with Crippen LogP contribution in [0, 0.1) is 0 Å². The van der Waals surface area contributed by atoms with Crippen LogP contribution in [0.15, 0.2) is 32.0 Å². The lowest BCUT2D eigenvalue weighted by Gasteiger charge is -1.92. The summed E-state index contributed by atoms with van der Waals surface area (Å²) in [6, 6.07) is 3.59. The third-order valence-electron chi connectivity index (χ3n) is 1.63. The van der Waals surface area contributed by atoms with E-state index in [1.165, 1.54) is 6.39 Å². The Morgan fingerprint density at radius 3 is 2.92 bits per heavy atom. The van der Waals surface area contributed by atoms with E-state index in [0.29, 0.717) is 28.4 Å². The van der Waals surface area contributed by atoms with E-state index in [1.54, 1.807) is 12.1 Å². The van der Waals surface area contributed by atoms with E-state index < -0.39 is 0 Å². The summed E-state index contributed by atoms with van der Waals surface area (Å²) in [5, 5.41) is 0. The second-order valence-corrected chi connectivity index (χ2v) is 3.22. The molecule has 0 spiro atoms. The van der Waals surface area contributed by atoms with E-state index in [4.69, 9.17) is 14.6 Å². The van der Waals surface area contributed by atoms with Crippen molar-refractivity contribution in [1.82, 2.24) is 4.98 Å². The van der Waals surface area contributed by atoms with Gasteiger partial charge in [-0.25, -0.2) is 4.98 Å². The van der Waals surface area contributed by atoms with Gasteiger partial charge in [0, 0.05) is 6.54 Å². The third-order valence-corrected chi connectivity index (χ3v) is 2.06. The zero-order valence-corrected chi connectivity index (χ0v) is 8.24. The minimum absolute atomic E-state index is 0.337. The van der Waals surface area contributed by atoms with Gasteiger partial charge in [-0.15, -0.1) is 0 Å². The van der Waals surface area contributed by atoms with Crippen molar-refractivity contribution >= 4 is 15.9 Å². The highest BCUT2D eigenvalue weighted by Crippen LogP contribution is 2.27. The van der Waals surface area contributed by atoms with Gasteiger partial charge in [0.15, 0.2) is 22.6 Å². The third kappa shape index (κ3) is 1.52. The average molecular weight is 243 g/mol. The first-order valence-electron chi connectivity index (χ1n) is 3.69. The summed E-state index contributed by atoms with van der Waals surface area (Å²) in [7, 11) is 0. The van der Waals surface area contributed by atoms with E-state index in [1.807, 2.05) is 0 Å². The molecule has 0 amide bonds. The molecule has 0 aromatic carbocycles. The Kier molecular flexibility index (Phi) is 2.20. The predicted molar refractivity (Wildman–Crippen MR) is 49.8 cm³/mol. The quantitative estimate of drug-likeness (QED) is 0.877. The smallest absolute Gasteiger partial charge is 0.194 e. The fraction of sp³-hybridized carbons (Fsp3) is 0.125. The summed E-state index contributed by atoms with van der Waals surface area (Å²) >= 11 is 3.20. The highest BCUT2D eigenvalue weighted by Gasteiger charge is 2.12. The van der Waals surface area contributed by atoms with Crippen molar-refractivity contribution in [3.8, 4) is 11.5 Å². The zero-order chi connectivity index (χ0) is 9.26. The van der Waals surface area contributed by atoms with Gasteiger partial charge in [-0.05, 0) is 28.1 Å². The molecule has 0 bridgehead atoms. The molecule has 68 valence electrons. The van der Waals surface area contributed by atoms with Crippen LogP contribution in [0.4, 0.5) is 0 Å². The molecule has 0 saturated heterocycles. The van der Waals surface area contributed by atoms with Gasteiger partial charge >= 0.3 is 0 Å². The number of rotatable bonds is 2. The molecule has 0 saturated carbocycles. The van der Waals surface area contributed by atoms with Gasteiger partial charge in [0.2, 0.25) is 0 Å². The summed E-state index contributed by atoms with van der Waals surface area (Å²) in [5.41, 5.74) is 6.16. The molecule has 13 heavy (non-hydrogen) atoms. The van der Waals surface area contributed by atoms with E-state index in [0.717, 1.165) is 0 Å². The normalized spacial score (nSPS) is 10.6. The van der Waals surface area contributed by atoms with E-state index in [-0.39, 0.29) is 0 Å². The fourth-order valence-corrected chi connectivity index (χ4v) is 1.36. The van der Waals surface area contributed by atoms with Gasteiger partial charge in [-0.2, -0.15) is 0 Å². The molecular weight excluding hydrogens is 236 g/mol. The van der Waals surface area contributed by atoms with E-state index in [2.05, 4.69) is 20.9 Å². The van der Waals surface area contributed by atoms with Gasteiger partial charge in [-0.1, -0.05) is 0 Å². The van der Waals surface area contributed by atoms with E-state index in [9.17, 15) is 0 Å². The lowest BCUT2D eigenvalue weighted by molar-refractivity contribution is 0.507. The second-order valence-electron chi connectivity index (χ2n) is 2.44. The van der Waals surface area contributed by atoms with Crippen molar-refractivity contribution in [2.24, 2.45) is 5.73 Å². The number of oxazole rings is 1. The van der Waals surface area contributed by atoms with Crippen molar-refractivity contribution in [3.63, 3.8) is 0 Å². The van der Waals surface area contributed by atoms with Crippen LogP contribution in [-0.4, -0.2) is 4.98 Å². The van der Waals surface area contributed by atoms with Crippen LogP contribution in [0.2, 0.25) is 0 Å². The summed E-state index contributed by atoms with van der Waals surface area (Å²) in [6.07, 6.45) is 1.36. The minimum Gasteiger partial charge on any atom is -0.446 e. The maximum atomic E-state index is 5.46. The van der Waals surface area contributed by atoms with Crippen LogP contribution in [0.5, 0.6) is 0 Å². The largest absolute Gasteiger partial charge is 0.446 e. The molecular formula is C8H7BrN2O2. The molecule has 0 atom stereocenters. The van der Waals surface area contributed by atoms with Crippen LogP contribution < -0.4 is 5.73 Å². The highest BCUT2D eigenvalue weighted by molar-refractivity contribution is 9.10. The monoisotopic (exact) mass is 242 g/mol. The topological polar surface area (TPSA) is 65.2 Å². The summed E-state index contributed by atoms with van der Waals surface area (Å²) < 4.78 is 11.1. The second kappa shape index (κ2) is 3.35. The van der Waals surface area contributed by atoms with Gasteiger partial charge in [0.05, 0.1) is 0 Å². The van der Waals surface area contributed by atoms with Crippen LogP contribution in [0.1, 0.15) is 5.69 Å². The van der Waals surface area contributed by atoms with Crippen LogP contribution >= 0.6 is 15.9 Å². The van der Waals surface area contributed by atoms with Gasteiger partial charge in [0.25, 0.3) is 0 Å². The number of nitrogens with two attached hydrogens (primary N) is 1. The van der Waals surface area contributed by atoms with Crippen molar-refractivity contribution in [2.45, 2.75) is 6.54 Å². The average Bonchev–Trinajstić information content (AvgIpc) is 2.71. The number of hydrogen-bond acceptors (Lipinski definition) is 4. The number of nitrogens with zero attached hydrogens (tertiary/aromatic N) is 1. The zero-order valence-electron chi connectivity index (χ0n) is 6.66. The standard InChI is InChI=1S/C8H7BrN2O2/c9-7-2-1-6(13-7)8-5(3-10)11-4-12-8/h1-2,4H,3,10H2. The molecule has 2 aromatic rings. The summed E-state index contributed by atoms with van der Waals surface area (Å²) in [4.78, 5) is 3.95. The van der Waals surface area contributed by atoms with Gasteiger partial charge in [0.1, 0.15) is 5.69 Å². The molecule has 2 heterocycles. The Balaban J connectivity index is 2.45. The molecule has 2 N–H and O–H groups in total. The molecule has 0 aliphatic rings. The van der Waals surface area contributed by atoms with Crippen molar-refractivity contribution in [2.75, 3.05) is 0 Å². The first kappa shape index (κ1) is 8.52. The molecule has 5 heteroatoms. The highest BCUT2D eigenvalue weighted by atomic mass is 79.9. The molecule has 0 aliphatic carbocycles. The lowest BCUT2D eigenvalue weighted by Crippen LogP contribution is -1.97. The maximum absolute atomic E-state index is 5.46. The lowest BCUT2D eigenvalue weighted by atomic mass is 10.3. The Labute approximate surface area is 82.9 Å². The fourth-order valence-electron chi connectivity index (χ4n) is 1.05. The SMILES string of the molecule is NCc1ncoc1-c1ccc(Br)o1. The number of furan rings is 1. The Hall–Kier alpha value is -1.07. The molecule has 2 aromatic heterocycles. The first-order valence-corrected chi connectivity index (χ1v) is 4.48. The number of hydrogen-bond donors (Lipinski definition) is 1. The number of aromatic nitrogens is 1. The molecule has 4 nitrogen and oxygen atoms in total. The molecule has 0 aliphatic heterocycles. The van der Waals surface area contributed by atoms with E-state index >= 15 is 0 Å². The summed E-state index contributed by atoms with van der Waals surface area (Å²) in [5.74, 6) is 1.22. The van der Waals surface area contributed by atoms with Crippen molar-refractivity contribution in [1.29, 1.82) is 0 Å². The Morgan fingerprint density at radius 1 is 1.46 bits per heavy atom. The first-order chi connectivity index (χ1) is 6.31. The minimum atomic E-state index is 0.337. The molecule has 0 unspecified atom stereocenters. The van der Waals surface area contributed by atoms with Crippen LogP contribution in [0.25, 0.3) is 11.5 Å². The molecule has 2 rings (SSSR count). The van der Waals surface area contributed by atoms with Gasteiger partial charge < -0.3 is 14.6 Å². The Bertz CT molecular complexity index is 408. The van der Waals surface area contributed by atoms with Crippen molar-refractivity contribution in [3.05, 3.63) is 28.9 Å². The Morgan fingerprint density at radius 2 is 2.31 bits per heavy atom. The number of halogens is 1. The van der Waals surface area contributed by atoms with Crippen LogP contribution in [-0.2, 0) is 6.54 Å². The molecule has 0 radical (unpaired) electrons. The predicted octanol–water partition coefficient (Wildman–Crippen LogP) is 2.16. The maximum Gasteiger partial charge on any atom is 0.194 e. The van der Waals surface area contributed by atoms with Crippen molar-refractivity contribution < 1.29 is 8.83 Å². The summed E-state index contributed by atoms with van der Waals surface area (Å²) in [6.45, 7) is 0.337. The van der Waals surface area contributed by atoms with Crippen LogP contribution in [0.3, 0.4) is 0 Å². The van der Waals surface area contributed by atoms with Gasteiger partial charge in [-0.3, -0.25) is 0 Å².